The Morgan fingerprint density at radius 3 is 2.45 bits per heavy atom. The van der Waals surface area contributed by atoms with Crippen LogP contribution in [0.15, 0.2) is 42.0 Å². The summed E-state index contributed by atoms with van der Waals surface area (Å²) in [6, 6.07) is 4.79. The van der Waals surface area contributed by atoms with Crippen molar-refractivity contribution in [3.05, 3.63) is 52.5 Å². The van der Waals surface area contributed by atoms with Crippen molar-refractivity contribution in [1.29, 1.82) is 0 Å². The van der Waals surface area contributed by atoms with Crippen molar-refractivity contribution >= 4 is 23.2 Å². The van der Waals surface area contributed by atoms with Gasteiger partial charge in [-0.25, -0.2) is 0 Å². The van der Waals surface area contributed by atoms with Gasteiger partial charge in [0.05, 0.1) is 6.54 Å². The number of nitrogens with zero attached hydrogens (tertiary/aromatic N) is 2. The first kappa shape index (κ1) is 21.3. The molecule has 2 heterocycles. The number of aromatic nitrogens is 1. The second-order valence-corrected chi connectivity index (χ2v) is 8.07. The normalized spacial score (nSPS) is 16.2. The van der Waals surface area contributed by atoms with Gasteiger partial charge < -0.3 is 10.2 Å². The zero-order valence-corrected chi connectivity index (χ0v) is 16.5. The van der Waals surface area contributed by atoms with E-state index < -0.39 is 24.0 Å². The van der Waals surface area contributed by atoms with Gasteiger partial charge in [-0.05, 0) is 42.0 Å². The predicted molar refractivity (Wildman–Crippen MR) is 103 cm³/mol. The second-order valence-electron chi connectivity index (χ2n) is 7.04. The Bertz CT molecular complexity index is 806. The number of hydrogen-bond donors (Lipinski definition) is 1. The molecule has 1 saturated carbocycles. The van der Waals surface area contributed by atoms with Crippen molar-refractivity contribution in [1.82, 2.24) is 15.2 Å². The van der Waals surface area contributed by atoms with Gasteiger partial charge in [0, 0.05) is 23.3 Å². The lowest BCUT2D eigenvalue weighted by Crippen LogP contribution is -2.50. The number of carbonyl (C=O) groups excluding carboxylic acids is 2. The summed E-state index contributed by atoms with van der Waals surface area (Å²) in [5.74, 6) is -2.64. The van der Waals surface area contributed by atoms with Crippen molar-refractivity contribution in [3.8, 4) is 0 Å². The summed E-state index contributed by atoms with van der Waals surface area (Å²) in [4.78, 5) is 30.5. The molecule has 0 aliphatic heterocycles. The largest absolute Gasteiger partial charge is 0.471 e. The number of nitrogens with one attached hydrogen (secondary N) is 1. The first-order valence-corrected chi connectivity index (χ1v) is 10.3. The van der Waals surface area contributed by atoms with E-state index in [4.69, 9.17) is 0 Å². The van der Waals surface area contributed by atoms with Crippen LogP contribution in [0.4, 0.5) is 13.2 Å². The van der Waals surface area contributed by atoms with Gasteiger partial charge in [-0.2, -0.15) is 13.2 Å². The number of carbonyl (C=O) groups is 2. The fourth-order valence-electron chi connectivity index (χ4n) is 3.56. The molecule has 1 atom stereocenters. The van der Waals surface area contributed by atoms with Crippen LogP contribution in [0.1, 0.15) is 48.6 Å². The lowest BCUT2D eigenvalue weighted by Gasteiger charge is -2.33. The average molecular weight is 425 g/mol. The average Bonchev–Trinajstić information content (AvgIpc) is 3.21. The number of amides is 2. The fraction of sp³-hybridized carbons (Fsp3) is 0.450. The fourth-order valence-corrected chi connectivity index (χ4v) is 4.26. The minimum Gasteiger partial charge on any atom is -0.351 e. The van der Waals surface area contributed by atoms with Crippen molar-refractivity contribution < 1.29 is 22.8 Å². The van der Waals surface area contributed by atoms with Crippen LogP contribution < -0.4 is 5.32 Å². The van der Waals surface area contributed by atoms with Gasteiger partial charge >= 0.3 is 12.1 Å². The summed E-state index contributed by atoms with van der Waals surface area (Å²) in [7, 11) is 0. The third-order valence-corrected chi connectivity index (χ3v) is 5.80. The van der Waals surface area contributed by atoms with Gasteiger partial charge in [0.15, 0.2) is 0 Å². The molecule has 1 unspecified atom stereocenters. The molecule has 0 spiro atoms. The molecule has 1 aliphatic rings. The molecule has 29 heavy (non-hydrogen) atoms. The highest BCUT2D eigenvalue weighted by Crippen LogP contribution is 2.30. The number of pyridine rings is 1. The van der Waals surface area contributed by atoms with Crippen LogP contribution in [0.25, 0.3) is 0 Å². The van der Waals surface area contributed by atoms with Gasteiger partial charge in [-0.1, -0.05) is 25.3 Å². The quantitative estimate of drug-likeness (QED) is 0.754. The first-order valence-electron chi connectivity index (χ1n) is 9.46. The van der Waals surface area contributed by atoms with Crippen LogP contribution in [0.5, 0.6) is 0 Å². The van der Waals surface area contributed by atoms with Gasteiger partial charge in [0.25, 0.3) is 0 Å². The molecule has 2 aromatic heterocycles. The third kappa shape index (κ3) is 5.56. The monoisotopic (exact) mass is 425 g/mol. The summed E-state index contributed by atoms with van der Waals surface area (Å²) in [5.41, 5.74) is 0.294. The van der Waals surface area contributed by atoms with Crippen LogP contribution in [-0.2, 0) is 16.1 Å². The Labute approximate surface area is 170 Å². The standard InChI is InChI=1S/C20H22F3N3O2S/c21-20(22,23)19(28)26(13-16-7-4-12-29-16)17(14-8-10-24-11-9-14)18(27)25-15-5-2-1-3-6-15/h4,7-12,15,17H,1-3,5-6,13H2,(H,25,27). The Balaban J connectivity index is 1.95. The summed E-state index contributed by atoms with van der Waals surface area (Å²) < 4.78 is 40.2. The van der Waals surface area contributed by atoms with Crippen molar-refractivity contribution in [2.24, 2.45) is 0 Å². The molecular formula is C20H22F3N3O2S. The molecule has 0 aromatic carbocycles. The van der Waals surface area contributed by atoms with Crippen molar-refractivity contribution in [2.45, 2.75) is 56.9 Å². The lowest BCUT2D eigenvalue weighted by molar-refractivity contribution is -0.189. The number of thiophene rings is 1. The lowest BCUT2D eigenvalue weighted by atomic mass is 9.94. The highest BCUT2D eigenvalue weighted by Gasteiger charge is 2.47. The molecule has 5 nitrogen and oxygen atoms in total. The Morgan fingerprint density at radius 1 is 1.17 bits per heavy atom. The third-order valence-electron chi connectivity index (χ3n) is 4.94. The van der Waals surface area contributed by atoms with E-state index in [2.05, 4.69) is 10.3 Å². The molecule has 9 heteroatoms. The highest BCUT2D eigenvalue weighted by molar-refractivity contribution is 7.09. The van der Waals surface area contributed by atoms with E-state index in [0.29, 0.717) is 15.3 Å². The number of alkyl halides is 3. The minimum absolute atomic E-state index is 0.0924. The summed E-state index contributed by atoms with van der Waals surface area (Å²) in [6.45, 7) is -0.304. The van der Waals surface area contributed by atoms with E-state index in [1.165, 1.54) is 35.9 Å². The van der Waals surface area contributed by atoms with Crippen molar-refractivity contribution in [2.75, 3.05) is 0 Å². The molecule has 2 aromatic rings. The van der Waals surface area contributed by atoms with Gasteiger partial charge in [-0.15, -0.1) is 11.3 Å². The van der Waals surface area contributed by atoms with Gasteiger partial charge in [-0.3, -0.25) is 14.6 Å². The minimum atomic E-state index is -5.09. The van der Waals surface area contributed by atoms with Crippen LogP contribution in [0.3, 0.4) is 0 Å². The second kappa shape index (κ2) is 9.39. The maximum atomic E-state index is 13.4. The van der Waals surface area contributed by atoms with Crippen LogP contribution in [0.2, 0.25) is 0 Å². The smallest absolute Gasteiger partial charge is 0.351 e. The van der Waals surface area contributed by atoms with Crippen LogP contribution in [0, 0.1) is 0 Å². The molecule has 2 amide bonds. The van der Waals surface area contributed by atoms with Crippen LogP contribution >= 0.6 is 11.3 Å². The Morgan fingerprint density at radius 2 is 1.86 bits per heavy atom. The van der Waals surface area contributed by atoms with Crippen molar-refractivity contribution in [3.63, 3.8) is 0 Å². The topological polar surface area (TPSA) is 62.3 Å². The maximum Gasteiger partial charge on any atom is 0.471 e. The predicted octanol–water partition coefficient (Wildman–Crippen LogP) is 4.22. The molecule has 3 rings (SSSR count). The van der Waals surface area contributed by atoms with E-state index >= 15 is 0 Å². The molecule has 0 saturated heterocycles. The summed E-state index contributed by atoms with van der Waals surface area (Å²) in [6.07, 6.45) is 2.29. The molecule has 1 N–H and O–H groups in total. The van der Waals surface area contributed by atoms with E-state index in [-0.39, 0.29) is 12.6 Å². The summed E-state index contributed by atoms with van der Waals surface area (Å²) >= 11 is 1.23. The SMILES string of the molecule is O=C(NC1CCCCC1)C(c1ccncc1)N(Cc1cccs1)C(=O)C(F)(F)F. The molecular weight excluding hydrogens is 403 g/mol. The van der Waals surface area contributed by atoms with Gasteiger partial charge in [0.1, 0.15) is 6.04 Å². The molecule has 0 bridgehead atoms. The maximum absolute atomic E-state index is 13.4. The Kier molecular flexibility index (Phi) is 6.89. The van der Waals surface area contributed by atoms with E-state index in [0.717, 1.165) is 32.1 Å². The van der Waals surface area contributed by atoms with E-state index in [1.807, 2.05) is 0 Å². The highest BCUT2D eigenvalue weighted by atomic mass is 32.1. The van der Waals surface area contributed by atoms with Crippen LogP contribution in [-0.4, -0.2) is 33.9 Å². The molecule has 1 aliphatic carbocycles. The van der Waals surface area contributed by atoms with E-state index in [1.54, 1.807) is 17.5 Å². The number of hydrogen-bond acceptors (Lipinski definition) is 4. The van der Waals surface area contributed by atoms with E-state index in [9.17, 15) is 22.8 Å². The zero-order valence-electron chi connectivity index (χ0n) is 15.7. The summed E-state index contributed by atoms with van der Waals surface area (Å²) in [5, 5.41) is 4.58. The number of halogens is 3. The number of rotatable bonds is 6. The molecule has 156 valence electrons. The zero-order chi connectivity index (χ0) is 20.9. The Hall–Kier alpha value is -2.42. The molecule has 0 radical (unpaired) electrons. The first-order chi connectivity index (χ1) is 13.9. The molecule has 1 fully saturated rings. The van der Waals surface area contributed by atoms with Gasteiger partial charge in [0.2, 0.25) is 5.91 Å².